The van der Waals surface area contributed by atoms with E-state index in [-0.39, 0.29) is 30.2 Å². The summed E-state index contributed by atoms with van der Waals surface area (Å²) in [6.45, 7) is 1.96. The second-order valence-corrected chi connectivity index (χ2v) is 9.41. The van der Waals surface area contributed by atoms with E-state index in [0.29, 0.717) is 13.0 Å². The number of likely N-dealkylation sites (tertiary alicyclic amines) is 1. The number of allylic oxidation sites excluding steroid dienone is 1. The minimum absolute atomic E-state index is 0.144. The number of nitrogens with one attached hydrogen (secondary N) is 2. The molecule has 0 radical (unpaired) electrons. The first-order valence-corrected chi connectivity index (χ1v) is 12.1. The van der Waals surface area contributed by atoms with Crippen molar-refractivity contribution in [1.82, 2.24) is 15.5 Å². The number of hydrogen-bond donors (Lipinski definition) is 3. The van der Waals surface area contributed by atoms with Crippen LogP contribution in [0, 0.1) is 23.7 Å². The number of fused-ring (bicyclic) bond motifs is 1. The van der Waals surface area contributed by atoms with Gasteiger partial charge >= 0.3 is 0 Å². The quantitative estimate of drug-likeness (QED) is 0.508. The Labute approximate surface area is 206 Å². The van der Waals surface area contributed by atoms with Crippen LogP contribution in [0.4, 0.5) is 0 Å². The minimum Gasteiger partial charge on any atom is -0.394 e. The van der Waals surface area contributed by atoms with Gasteiger partial charge in [0.05, 0.1) is 24.5 Å². The number of amides is 3. The Kier molecular flexibility index (Phi) is 7.66. The van der Waals surface area contributed by atoms with E-state index >= 15 is 0 Å². The van der Waals surface area contributed by atoms with Gasteiger partial charge in [0.1, 0.15) is 6.04 Å². The lowest BCUT2D eigenvalue weighted by Gasteiger charge is -2.33. The molecule has 35 heavy (non-hydrogen) atoms. The Balaban J connectivity index is 1.68. The predicted octanol–water partition coefficient (Wildman–Crippen LogP) is 1.92. The van der Waals surface area contributed by atoms with Crippen molar-refractivity contribution in [1.29, 1.82) is 0 Å². The largest absolute Gasteiger partial charge is 0.394 e. The third-order valence-corrected chi connectivity index (χ3v) is 7.25. The first-order valence-electron chi connectivity index (χ1n) is 12.1. The van der Waals surface area contributed by atoms with E-state index in [0.717, 1.165) is 11.1 Å². The molecule has 6 atom stereocenters. The lowest BCUT2D eigenvalue weighted by atomic mass is 9.70. The zero-order chi connectivity index (χ0) is 24.9. The van der Waals surface area contributed by atoms with Crippen LogP contribution in [0.25, 0.3) is 0 Å². The summed E-state index contributed by atoms with van der Waals surface area (Å²) in [7, 11) is 1.57. The van der Waals surface area contributed by atoms with Crippen molar-refractivity contribution >= 4 is 17.7 Å². The summed E-state index contributed by atoms with van der Waals surface area (Å²) < 4.78 is 0. The van der Waals surface area contributed by atoms with Crippen molar-refractivity contribution in [2.75, 3.05) is 13.7 Å². The third kappa shape index (κ3) is 5.00. The molecule has 1 saturated heterocycles. The van der Waals surface area contributed by atoms with E-state index in [4.69, 9.17) is 0 Å². The van der Waals surface area contributed by atoms with E-state index in [1.54, 1.807) is 11.9 Å². The Morgan fingerprint density at radius 3 is 2.20 bits per heavy atom. The number of carbonyl (C=O) groups excluding carboxylic acids is 3. The summed E-state index contributed by atoms with van der Waals surface area (Å²) in [5.74, 6) is -2.58. The number of aliphatic hydroxyl groups excluding tert-OH is 1. The van der Waals surface area contributed by atoms with Gasteiger partial charge in [-0.3, -0.25) is 14.4 Å². The van der Waals surface area contributed by atoms with Gasteiger partial charge in [0.25, 0.3) is 0 Å². The Morgan fingerprint density at radius 2 is 1.60 bits per heavy atom. The fourth-order valence-corrected chi connectivity index (χ4v) is 5.53. The van der Waals surface area contributed by atoms with Gasteiger partial charge in [-0.25, -0.2) is 0 Å². The Morgan fingerprint density at radius 1 is 0.971 bits per heavy atom. The normalized spacial score (nSPS) is 26.2. The predicted molar refractivity (Wildman–Crippen MR) is 133 cm³/mol. The second kappa shape index (κ2) is 10.9. The molecule has 184 valence electrons. The van der Waals surface area contributed by atoms with Gasteiger partial charge in [0, 0.05) is 19.5 Å². The zero-order valence-corrected chi connectivity index (χ0v) is 20.1. The molecule has 7 heteroatoms. The number of benzene rings is 2. The van der Waals surface area contributed by atoms with E-state index in [9.17, 15) is 19.5 Å². The molecule has 2 aromatic rings. The van der Waals surface area contributed by atoms with Crippen LogP contribution in [0.15, 0.2) is 72.8 Å². The lowest BCUT2D eigenvalue weighted by Crippen LogP contribution is -2.52. The molecule has 3 amide bonds. The Hall–Kier alpha value is -3.45. The van der Waals surface area contributed by atoms with E-state index in [1.165, 1.54) is 0 Å². The number of nitrogens with zero attached hydrogens (tertiary/aromatic N) is 1. The number of carbonyl (C=O) groups is 3. The molecular weight excluding hydrogens is 442 g/mol. The van der Waals surface area contributed by atoms with Crippen LogP contribution in [0.1, 0.15) is 18.1 Å². The molecule has 0 saturated carbocycles. The van der Waals surface area contributed by atoms with Crippen molar-refractivity contribution in [2.45, 2.75) is 32.0 Å². The molecule has 0 unspecified atom stereocenters. The summed E-state index contributed by atoms with van der Waals surface area (Å²) >= 11 is 0. The van der Waals surface area contributed by atoms with Gasteiger partial charge in [-0.1, -0.05) is 79.7 Å². The van der Waals surface area contributed by atoms with Gasteiger partial charge < -0.3 is 20.6 Å². The van der Waals surface area contributed by atoms with Crippen LogP contribution in [0.3, 0.4) is 0 Å². The number of aliphatic hydroxyl groups is 1. The SMILES string of the molecule is CNC(=O)[C@H]1[C@@H]2C(=O)N([C@@H](CO)Cc3ccccc3)[C@H](C(=O)NCc3ccccc3)[C@H]2C=C[C@H]1C. The van der Waals surface area contributed by atoms with Crippen molar-refractivity contribution in [3.8, 4) is 0 Å². The molecule has 0 bridgehead atoms. The monoisotopic (exact) mass is 475 g/mol. The standard InChI is InChI=1S/C28H33N3O4/c1-18-13-14-22-24(23(18)26(33)29-2)28(35)31(21(17-32)15-19-9-5-3-6-10-19)25(22)27(34)30-16-20-11-7-4-8-12-20/h3-14,18,21-25,32H,15-17H2,1-2H3,(H,29,33)(H,30,34)/t18-,21-,22+,23-,24-,25+/m1/s1. The fourth-order valence-electron chi connectivity index (χ4n) is 5.53. The van der Waals surface area contributed by atoms with Crippen LogP contribution >= 0.6 is 0 Å². The summed E-state index contributed by atoms with van der Waals surface area (Å²) in [5, 5.41) is 16.0. The highest BCUT2D eigenvalue weighted by Gasteiger charge is 2.57. The lowest BCUT2D eigenvalue weighted by molar-refractivity contribution is -0.143. The molecule has 7 nitrogen and oxygen atoms in total. The summed E-state index contributed by atoms with van der Waals surface area (Å²) in [5.41, 5.74) is 1.91. The van der Waals surface area contributed by atoms with E-state index < -0.39 is 29.8 Å². The maximum Gasteiger partial charge on any atom is 0.243 e. The topological polar surface area (TPSA) is 98.7 Å². The smallest absolute Gasteiger partial charge is 0.243 e. The number of rotatable bonds is 8. The van der Waals surface area contributed by atoms with Crippen LogP contribution in [0.2, 0.25) is 0 Å². The first kappa shape index (κ1) is 24.7. The number of hydrogen-bond acceptors (Lipinski definition) is 4. The van der Waals surface area contributed by atoms with E-state index in [1.807, 2.05) is 79.7 Å². The molecular formula is C28H33N3O4. The summed E-state index contributed by atoms with van der Waals surface area (Å²) in [4.78, 5) is 41.9. The highest BCUT2D eigenvalue weighted by molar-refractivity contribution is 5.97. The zero-order valence-electron chi connectivity index (χ0n) is 20.1. The van der Waals surface area contributed by atoms with Crippen LogP contribution < -0.4 is 10.6 Å². The highest BCUT2D eigenvalue weighted by atomic mass is 16.3. The summed E-state index contributed by atoms with van der Waals surface area (Å²) in [6, 6.07) is 17.8. The van der Waals surface area contributed by atoms with Gasteiger partial charge in [0.2, 0.25) is 17.7 Å². The van der Waals surface area contributed by atoms with Gasteiger partial charge in [0.15, 0.2) is 0 Å². The van der Waals surface area contributed by atoms with Crippen LogP contribution in [-0.2, 0) is 27.3 Å². The summed E-state index contributed by atoms with van der Waals surface area (Å²) in [6.07, 6.45) is 4.26. The first-order chi connectivity index (χ1) is 17.0. The van der Waals surface area contributed by atoms with E-state index in [2.05, 4.69) is 10.6 Å². The molecule has 1 aliphatic heterocycles. The van der Waals surface area contributed by atoms with Crippen LogP contribution in [-0.4, -0.2) is 53.5 Å². The maximum absolute atomic E-state index is 13.9. The molecule has 1 fully saturated rings. The molecule has 1 aliphatic carbocycles. The van der Waals surface area contributed by atoms with Crippen molar-refractivity contribution in [3.63, 3.8) is 0 Å². The third-order valence-electron chi connectivity index (χ3n) is 7.25. The maximum atomic E-state index is 13.9. The van der Waals surface area contributed by atoms with Crippen molar-refractivity contribution < 1.29 is 19.5 Å². The average molecular weight is 476 g/mol. The fraction of sp³-hybridized carbons (Fsp3) is 0.393. The van der Waals surface area contributed by atoms with Gasteiger partial charge in [-0.2, -0.15) is 0 Å². The van der Waals surface area contributed by atoms with Crippen LogP contribution in [0.5, 0.6) is 0 Å². The van der Waals surface area contributed by atoms with Crippen molar-refractivity contribution in [3.05, 3.63) is 83.9 Å². The Bertz CT molecular complexity index is 1070. The molecule has 3 N–H and O–H groups in total. The molecule has 0 aromatic heterocycles. The minimum atomic E-state index is -0.812. The molecule has 2 aliphatic rings. The second-order valence-electron chi connectivity index (χ2n) is 9.41. The van der Waals surface area contributed by atoms with Crippen molar-refractivity contribution in [2.24, 2.45) is 23.7 Å². The average Bonchev–Trinajstić information content (AvgIpc) is 3.18. The molecule has 4 rings (SSSR count). The van der Waals surface area contributed by atoms with Gasteiger partial charge in [-0.15, -0.1) is 0 Å². The van der Waals surface area contributed by atoms with Gasteiger partial charge in [-0.05, 0) is 23.5 Å². The molecule has 1 heterocycles. The molecule has 2 aromatic carbocycles. The molecule has 0 spiro atoms. The highest BCUT2D eigenvalue weighted by Crippen LogP contribution is 2.45.